The van der Waals surface area contributed by atoms with Crippen LogP contribution in [0.15, 0.2) is 16.8 Å². The number of nitrogens with zero attached hydrogens (tertiary/aromatic N) is 2. The molecule has 0 aromatic rings. The number of hydrogen-bond donors (Lipinski definition) is 0. The topological polar surface area (TPSA) is 102 Å². The van der Waals surface area contributed by atoms with Gasteiger partial charge in [0.2, 0.25) is 6.61 Å². The highest BCUT2D eigenvalue weighted by Crippen LogP contribution is 2.66. The summed E-state index contributed by atoms with van der Waals surface area (Å²) in [5.74, 6) is 0.716. The van der Waals surface area contributed by atoms with E-state index in [1.165, 1.54) is 18.4 Å². The molecule has 6 atom stereocenters. The zero-order valence-corrected chi connectivity index (χ0v) is 21.0. The van der Waals surface area contributed by atoms with Crippen LogP contribution in [-0.4, -0.2) is 40.9 Å². The van der Waals surface area contributed by atoms with E-state index in [-0.39, 0.29) is 29.6 Å². The number of hydrogen-bond acceptors (Lipinski definition) is 7. The van der Waals surface area contributed by atoms with Gasteiger partial charge in [-0.15, -0.1) is 5.06 Å². The molecular formula is C27H36N2O6. The molecule has 190 valence electrons. The maximum absolute atomic E-state index is 12.3. The van der Waals surface area contributed by atoms with Crippen LogP contribution >= 0.6 is 0 Å². The molecule has 0 bridgehead atoms. The highest BCUT2D eigenvalue weighted by atomic mass is 16.7. The third-order valence-electron chi connectivity index (χ3n) is 10.0. The Hall–Kier alpha value is -2.51. The lowest BCUT2D eigenvalue weighted by molar-refractivity contribution is -0.200. The van der Waals surface area contributed by atoms with Crippen LogP contribution < -0.4 is 0 Å². The molecule has 3 saturated carbocycles. The summed E-state index contributed by atoms with van der Waals surface area (Å²) in [5, 5.41) is 4.69. The molecule has 8 nitrogen and oxygen atoms in total. The van der Waals surface area contributed by atoms with E-state index in [0.29, 0.717) is 28.6 Å². The lowest BCUT2D eigenvalue weighted by atomic mass is 9.46. The summed E-state index contributed by atoms with van der Waals surface area (Å²) in [6, 6.07) is 0. The molecule has 1 saturated heterocycles. The van der Waals surface area contributed by atoms with E-state index in [4.69, 9.17) is 9.68 Å². The maximum Gasteiger partial charge on any atom is 0.373 e. The predicted octanol–water partition coefficient (Wildman–Crippen LogP) is 4.13. The van der Waals surface area contributed by atoms with Crippen LogP contribution in [0.3, 0.4) is 0 Å². The van der Waals surface area contributed by atoms with Crippen LogP contribution in [-0.2, 0) is 28.9 Å². The minimum atomic E-state index is -0.822. The normalized spacial score (nSPS) is 39.6. The van der Waals surface area contributed by atoms with Gasteiger partial charge in [0.15, 0.2) is 0 Å². The Labute approximate surface area is 206 Å². The van der Waals surface area contributed by atoms with Crippen molar-refractivity contribution in [3.8, 4) is 0 Å². The Kier molecular flexibility index (Phi) is 6.12. The summed E-state index contributed by atoms with van der Waals surface area (Å²) in [5.41, 5.74) is 2.55. The third-order valence-corrected chi connectivity index (χ3v) is 10.0. The second kappa shape index (κ2) is 8.86. The number of ketones is 1. The third kappa shape index (κ3) is 4.02. The molecule has 5 aliphatic rings. The van der Waals surface area contributed by atoms with Crippen molar-refractivity contribution in [3.05, 3.63) is 11.6 Å². The molecule has 0 spiro atoms. The van der Waals surface area contributed by atoms with Crippen LogP contribution in [0.1, 0.15) is 85.0 Å². The van der Waals surface area contributed by atoms with Gasteiger partial charge < -0.3 is 9.68 Å². The fraction of sp³-hybridized carbons (Fsp3) is 0.741. The highest BCUT2D eigenvalue weighted by molar-refractivity contribution is 6.01. The number of fused-ring (bicyclic) bond motifs is 5. The lowest BCUT2D eigenvalue weighted by Gasteiger charge is -2.58. The van der Waals surface area contributed by atoms with E-state index in [1.807, 2.05) is 0 Å². The van der Waals surface area contributed by atoms with Crippen molar-refractivity contribution in [3.63, 3.8) is 0 Å². The Bertz CT molecular complexity index is 1000. The van der Waals surface area contributed by atoms with Gasteiger partial charge in [-0.1, -0.05) is 24.6 Å². The molecule has 4 fully saturated rings. The molecule has 5 rings (SSSR count). The van der Waals surface area contributed by atoms with Gasteiger partial charge in [0.1, 0.15) is 5.78 Å². The first-order valence-electron chi connectivity index (χ1n) is 13.1. The average Bonchev–Trinajstić information content (AvgIpc) is 3.33. The fourth-order valence-electron chi connectivity index (χ4n) is 8.26. The number of amides is 2. The minimum absolute atomic E-state index is 0.0563. The van der Waals surface area contributed by atoms with Gasteiger partial charge in [-0.2, -0.15) is 0 Å². The molecule has 2 amide bonds. The van der Waals surface area contributed by atoms with Crippen LogP contribution in [0.25, 0.3) is 0 Å². The van der Waals surface area contributed by atoms with E-state index in [1.54, 1.807) is 6.92 Å². The first-order valence-corrected chi connectivity index (χ1v) is 13.1. The zero-order valence-electron chi connectivity index (χ0n) is 21.0. The van der Waals surface area contributed by atoms with E-state index < -0.39 is 24.4 Å². The number of rotatable bonds is 5. The molecule has 0 aromatic carbocycles. The fourth-order valence-corrected chi connectivity index (χ4v) is 8.26. The molecule has 35 heavy (non-hydrogen) atoms. The van der Waals surface area contributed by atoms with Crippen molar-refractivity contribution in [2.75, 3.05) is 6.61 Å². The summed E-state index contributed by atoms with van der Waals surface area (Å²) in [4.78, 5) is 57.5. The second-order valence-corrected chi connectivity index (χ2v) is 11.7. The number of oxime groups is 1. The monoisotopic (exact) mass is 484 g/mol. The first-order chi connectivity index (χ1) is 16.6. The Morgan fingerprint density at radius 3 is 2.46 bits per heavy atom. The molecule has 0 aromatic heterocycles. The van der Waals surface area contributed by atoms with E-state index in [9.17, 15) is 19.2 Å². The minimum Gasteiger partial charge on any atom is -0.383 e. The van der Waals surface area contributed by atoms with E-state index in [2.05, 4.69) is 25.1 Å². The van der Waals surface area contributed by atoms with Crippen LogP contribution in [0.2, 0.25) is 0 Å². The van der Waals surface area contributed by atoms with Gasteiger partial charge in [0.25, 0.3) is 11.8 Å². The SMILES string of the molecule is CC(=O)[C@@H]1CC[C@@H]2[C@@H]3CCC4=CC(=NOCC(=O)ON5C(=O)CCC5=O)CC[C@]4(C)[C@H]3CC[C@@]21C. The quantitative estimate of drug-likeness (QED) is 0.429. The van der Waals surface area contributed by atoms with Crippen molar-refractivity contribution < 1.29 is 28.9 Å². The van der Waals surface area contributed by atoms with Crippen molar-refractivity contribution >= 4 is 29.3 Å². The highest BCUT2D eigenvalue weighted by Gasteiger charge is 2.59. The number of carbonyl (C=O) groups excluding carboxylic acids is 4. The van der Waals surface area contributed by atoms with Crippen molar-refractivity contribution in [2.45, 2.75) is 85.0 Å². The summed E-state index contributed by atoms with van der Waals surface area (Å²) in [6.45, 7) is 6.12. The van der Waals surface area contributed by atoms with Crippen molar-refractivity contribution in [2.24, 2.45) is 39.7 Å². The van der Waals surface area contributed by atoms with Crippen LogP contribution in [0.4, 0.5) is 0 Å². The molecule has 1 aliphatic heterocycles. The summed E-state index contributed by atoms with van der Waals surface area (Å²) >= 11 is 0. The molecule has 0 N–H and O–H groups in total. The van der Waals surface area contributed by atoms with Gasteiger partial charge in [-0.3, -0.25) is 14.4 Å². The van der Waals surface area contributed by atoms with Gasteiger partial charge >= 0.3 is 5.97 Å². The van der Waals surface area contributed by atoms with E-state index >= 15 is 0 Å². The molecule has 0 unspecified atom stereocenters. The van der Waals surface area contributed by atoms with Gasteiger partial charge in [-0.05, 0) is 93.0 Å². The first kappa shape index (κ1) is 24.2. The standard InChI is InChI=1S/C27H36N2O6/c1-16(30)20-6-7-21-19-5-4-17-14-18(10-12-26(17,2)22(19)11-13-27(20,21)3)28-34-15-25(33)35-29-23(31)8-9-24(29)32/h14,19-22H,4-13,15H2,1-3H3/t19-,20-,21+,22-,26-,27+/m0/s1. The number of imide groups is 1. The number of carbonyl (C=O) groups is 4. The Balaban J connectivity index is 1.22. The van der Waals surface area contributed by atoms with Crippen LogP contribution in [0, 0.1) is 34.5 Å². The summed E-state index contributed by atoms with van der Waals surface area (Å²) < 4.78 is 0. The molecule has 1 heterocycles. The largest absolute Gasteiger partial charge is 0.383 e. The van der Waals surface area contributed by atoms with Crippen molar-refractivity contribution in [1.29, 1.82) is 0 Å². The Morgan fingerprint density at radius 1 is 1.00 bits per heavy atom. The van der Waals surface area contributed by atoms with Gasteiger partial charge in [-0.25, -0.2) is 4.79 Å². The zero-order chi connectivity index (χ0) is 25.0. The summed E-state index contributed by atoms with van der Waals surface area (Å²) in [7, 11) is 0. The summed E-state index contributed by atoms with van der Waals surface area (Å²) in [6.07, 6.45) is 10.8. The Morgan fingerprint density at radius 2 is 1.74 bits per heavy atom. The van der Waals surface area contributed by atoms with Gasteiger partial charge in [0, 0.05) is 18.8 Å². The van der Waals surface area contributed by atoms with Gasteiger partial charge in [0.05, 0.1) is 5.71 Å². The number of Topliss-reactive ketones (excluding diaryl/α,β-unsaturated/α-hetero) is 1. The number of hydroxylamine groups is 2. The molecule has 0 radical (unpaired) electrons. The maximum atomic E-state index is 12.3. The molecular weight excluding hydrogens is 448 g/mol. The second-order valence-electron chi connectivity index (χ2n) is 11.7. The molecule has 4 aliphatic carbocycles. The average molecular weight is 485 g/mol. The smallest absolute Gasteiger partial charge is 0.373 e. The van der Waals surface area contributed by atoms with Crippen LogP contribution in [0.5, 0.6) is 0 Å². The number of allylic oxidation sites excluding steroid dienone is 2. The van der Waals surface area contributed by atoms with E-state index in [0.717, 1.165) is 44.2 Å². The predicted molar refractivity (Wildman–Crippen MR) is 126 cm³/mol. The lowest BCUT2D eigenvalue weighted by Crippen LogP contribution is -2.51. The molecule has 8 heteroatoms. The van der Waals surface area contributed by atoms with Crippen molar-refractivity contribution in [1.82, 2.24) is 5.06 Å².